The minimum Gasteiger partial charge on any atom is -0.480 e. The first-order valence-corrected chi connectivity index (χ1v) is 6.95. The molecule has 1 aliphatic rings. The highest BCUT2D eigenvalue weighted by Crippen LogP contribution is 2.09. The standard InChI is InChI=1S/C13H27N3O2/c1-4-11(2)16-9-7-15(8-10-16)6-5-12(14-3)13(17)18/h11-12,14H,4-10H2,1-3H3,(H,17,18). The van der Waals surface area contributed by atoms with Crippen LogP contribution in [0.15, 0.2) is 0 Å². The molecule has 0 aromatic carbocycles. The Bertz CT molecular complexity index is 253. The number of aliphatic carboxylic acids is 1. The molecular formula is C13H27N3O2. The Morgan fingerprint density at radius 3 is 2.39 bits per heavy atom. The second-order valence-electron chi connectivity index (χ2n) is 5.10. The number of carboxylic acid groups (broad SMARTS) is 1. The lowest BCUT2D eigenvalue weighted by Gasteiger charge is -2.38. The number of carbonyl (C=O) groups is 1. The second kappa shape index (κ2) is 7.71. The quantitative estimate of drug-likeness (QED) is 0.694. The van der Waals surface area contributed by atoms with E-state index in [-0.39, 0.29) is 0 Å². The van der Waals surface area contributed by atoms with Crippen molar-refractivity contribution >= 4 is 5.97 Å². The average Bonchev–Trinajstić information content (AvgIpc) is 2.39. The maximum absolute atomic E-state index is 10.9. The molecule has 1 rings (SSSR count). The van der Waals surface area contributed by atoms with Gasteiger partial charge in [0, 0.05) is 38.8 Å². The number of carboxylic acids is 1. The van der Waals surface area contributed by atoms with Crippen LogP contribution in [0.1, 0.15) is 26.7 Å². The smallest absolute Gasteiger partial charge is 0.320 e. The van der Waals surface area contributed by atoms with Gasteiger partial charge >= 0.3 is 5.97 Å². The Labute approximate surface area is 110 Å². The van der Waals surface area contributed by atoms with Gasteiger partial charge in [-0.1, -0.05) is 6.92 Å². The molecule has 0 saturated carbocycles. The van der Waals surface area contributed by atoms with Crippen molar-refractivity contribution in [2.75, 3.05) is 39.8 Å². The Hall–Kier alpha value is -0.650. The minimum absolute atomic E-state index is 0.419. The fraction of sp³-hybridized carbons (Fsp3) is 0.923. The zero-order valence-corrected chi connectivity index (χ0v) is 11.9. The second-order valence-corrected chi connectivity index (χ2v) is 5.10. The van der Waals surface area contributed by atoms with Crippen molar-refractivity contribution in [3.8, 4) is 0 Å². The van der Waals surface area contributed by atoms with Crippen LogP contribution in [0.5, 0.6) is 0 Å². The summed E-state index contributed by atoms with van der Waals surface area (Å²) in [4.78, 5) is 15.8. The zero-order valence-electron chi connectivity index (χ0n) is 11.9. The maximum atomic E-state index is 10.9. The van der Waals surface area contributed by atoms with Crippen LogP contribution in [-0.2, 0) is 4.79 Å². The largest absolute Gasteiger partial charge is 0.480 e. The Balaban J connectivity index is 2.25. The van der Waals surface area contributed by atoms with Crippen molar-refractivity contribution in [1.29, 1.82) is 0 Å². The fourth-order valence-electron chi connectivity index (χ4n) is 2.39. The number of hydrogen-bond acceptors (Lipinski definition) is 4. The minimum atomic E-state index is -0.754. The van der Waals surface area contributed by atoms with Gasteiger partial charge in [0.25, 0.3) is 0 Å². The van der Waals surface area contributed by atoms with Crippen molar-refractivity contribution in [1.82, 2.24) is 15.1 Å². The van der Waals surface area contributed by atoms with Crippen LogP contribution in [0.3, 0.4) is 0 Å². The van der Waals surface area contributed by atoms with Crippen LogP contribution in [0.2, 0.25) is 0 Å². The van der Waals surface area contributed by atoms with Gasteiger partial charge in [0.2, 0.25) is 0 Å². The van der Waals surface area contributed by atoms with E-state index in [4.69, 9.17) is 5.11 Å². The Morgan fingerprint density at radius 1 is 1.33 bits per heavy atom. The summed E-state index contributed by atoms with van der Waals surface area (Å²) in [5.41, 5.74) is 0. The first kappa shape index (κ1) is 15.4. The van der Waals surface area contributed by atoms with Crippen molar-refractivity contribution in [2.24, 2.45) is 0 Å². The van der Waals surface area contributed by atoms with Crippen molar-refractivity contribution < 1.29 is 9.90 Å². The lowest BCUT2D eigenvalue weighted by molar-refractivity contribution is -0.139. The molecule has 5 heteroatoms. The molecule has 106 valence electrons. The number of likely N-dealkylation sites (N-methyl/N-ethyl adjacent to an activating group) is 1. The van der Waals surface area contributed by atoms with Crippen molar-refractivity contribution in [2.45, 2.75) is 38.8 Å². The maximum Gasteiger partial charge on any atom is 0.320 e. The topological polar surface area (TPSA) is 55.8 Å². The lowest BCUT2D eigenvalue weighted by atomic mass is 10.1. The summed E-state index contributed by atoms with van der Waals surface area (Å²) < 4.78 is 0. The Morgan fingerprint density at radius 2 is 1.94 bits per heavy atom. The first-order valence-electron chi connectivity index (χ1n) is 6.95. The zero-order chi connectivity index (χ0) is 13.5. The molecule has 5 nitrogen and oxygen atoms in total. The molecule has 0 radical (unpaired) electrons. The van der Waals surface area contributed by atoms with Gasteiger partial charge in [-0.2, -0.15) is 0 Å². The van der Waals surface area contributed by atoms with Crippen LogP contribution in [-0.4, -0.2) is 72.7 Å². The summed E-state index contributed by atoms with van der Waals surface area (Å²) in [5.74, 6) is -0.754. The summed E-state index contributed by atoms with van der Waals surface area (Å²) in [6.07, 6.45) is 1.87. The van der Waals surface area contributed by atoms with Gasteiger partial charge in [0.1, 0.15) is 6.04 Å². The molecule has 0 bridgehead atoms. The van der Waals surface area contributed by atoms with Crippen LogP contribution >= 0.6 is 0 Å². The average molecular weight is 257 g/mol. The van der Waals surface area contributed by atoms with E-state index in [1.807, 2.05) is 0 Å². The van der Waals surface area contributed by atoms with E-state index in [1.165, 1.54) is 6.42 Å². The van der Waals surface area contributed by atoms with Gasteiger partial charge in [-0.25, -0.2) is 0 Å². The summed E-state index contributed by atoms with van der Waals surface area (Å²) in [5, 5.41) is 11.8. The number of hydrogen-bond donors (Lipinski definition) is 2. The molecule has 2 atom stereocenters. The van der Waals surface area contributed by atoms with E-state index in [0.717, 1.165) is 32.7 Å². The van der Waals surface area contributed by atoms with Gasteiger partial charge < -0.3 is 15.3 Å². The number of nitrogens with one attached hydrogen (secondary N) is 1. The van der Waals surface area contributed by atoms with Gasteiger partial charge in [0.05, 0.1) is 0 Å². The van der Waals surface area contributed by atoms with E-state index in [1.54, 1.807) is 7.05 Å². The third-order valence-corrected chi connectivity index (χ3v) is 4.00. The van der Waals surface area contributed by atoms with Crippen LogP contribution in [0, 0.1) is 0 Å². The van der Waals surface area contributed by atoms with Gasteiger partial charge in [0.15, 0.2) is 0 Å². The van der Waals surface area contributed by atoms with Crippen LogP contribution in [0.25, 0.3) is 0 Å². The van der Waals surface area contributed by atoms with Crippen molar-refractivity contribution in [3.05, 3.63) is 0 Å². The third-order valence-electron chi connectivity index (χ3n) is 4.00. The first-order chi connectivity index (χ1) is 8.58. The van der Waals surface area contributed by atoms with Gasteiger partial charge in [-0.3, -0.25) is 9.69 Å². The van der Waals surface area contributed by atoms with Crippen LogP contribution in [0.4, 0.5) is 0 Å². The highest BCUT2D eigenvalue weighted by atomic mass is 16.4. The van der Waals surface area contributed by atoms with Crippen molar-refractivity contribution in [3.63, 3.8) is 0 Å². The number of nitrogens with zero attached hydrogens (tertiary/aromatic N) is 2. The van der Waals surface area contributed by atoms with Gasteiger partial charge in [-0.15, -0.1) is 0 Å². The molecule has 2 N–H and O–H groups in total. The molecule has 18 heavy (non-hydrogen) atoms. The molecule has 0 aromatic rings. The summed E-state index contributed by atoms with van der Waals surface area (Å²) >= 11 is 0. The van der Waals surface area contributed by atoms with E-state index < -0.39 is 12.0 Å². The van der Waals surface area contributed by atoms with Crippen LogP contribution < -0.4 is 5.32 Å². The molecule has 1 fully saturated rings. The molecule has 1 aliphatic heterocycles. The monoisotopic (exact) mass is 257 g/mol. The highest BCUT2D eigenvalue weighted by Gasteiger charge is 2.21. The lowest BCUT2D eigenvalue weighted by Crippen LogP contribution is -2.50. The van der Waals surface area contributed by atoms with E-state index in [9.17, 15) is 4.79 Å². The predicted molar refractivity (Wildman–Crippen MR) is 72.9 cm³/mol. The van der Waals surface area contributed by atoms with E-state index in [2.05, 4.69) is 29.0 Å². The number of rotatable bonds is 7. The molecule has 1 heterocycles. The molecule has 2 unspecified atom stereocenters. The molecule has 0 aromatic heterocycles. The highest BCUT2D eigenvalue weighted by molar-refractivity contribution is 5.73. The summed E-state index contributed by atoms with van der Waals surface area (Å²) in [6, 6.07) is 0.244. The SMILES string of the molecule is CCC(C)N1CCN(CCC(NC)C(=O)O)CC1. The normalized spacial score (nSPS) is 21.7. The molecule has 0 aliphatic carbocycles. The van der Waals surface area contributed by atoms with E-state index >= 15 is 0 Å². The number of piperazine rings is 1. The summed E-state index contributed by atoms with van der Waals surface area (Å²) in [6.45, 7) is 9.68. The summed E-state index contributed by atoms with van der Waals surface area (Å²) in [7, 11) is 1.71. The molecule has 0 spiro atoms. The van der Waals surface area contributed by atoms with Gasteiger partial charge in [-0.05, 0) is 26.8 Å². The molecule has 0 amide bonds. The Kier molecular flexibility index (Phi) is 6.60. The third kappa shape index (κ3) is 4.55. The molecule has 1 saturated heterocycles. The molecular weight excluding hydrogens is 230 g/mol. The van der Waals surface area contributed by atoms with E-state index in [0.29, 0.717) is 12.5 Å². The predicted octanol–water partition coefficient (Wildman–Crippen LogP) is 0.465. The fourth-order valence-corrected chi connectivity index (χ4v) is 2.39.